The number of hydrogen-bond acceptors (Lipinski definition) is 8. The molecule has 0 bridgehead atoms. The molecule has 0 fully saturated rings. The van der Waals surface area contributed by atoms with Crippen LogP contribution in [-0.2, 0) is 33.2 Å². The van der Waals surface area contributed by atoms with Crippen LogP contribution in [0.25, 0.3) is 0 Å². The van der Waals surface area contributed by atoms with Gasteiger partial charge in [0.2, 0.25) is 0 Å². The third-order valence-electron chi connectivity index (χ3n) is 3.80. The predicted molar refractivity (Wildman–Crippen MR) is 118 cm³/mol. The third-order valence-corrected chi connectivity index (χ3v) is 3.80. The standard InChI is InChI=1S/C22H47NO7/c1-21(2,3)20-22(4,5)30-19-18-29-17-16-28-15-14-27-13-12-26-11-10-25-9-8-24-7-6-23/h6-20,23H2,1-5H3. The number of ether oxygens (including phenoxy) is 7. The van der Waals surface area contributed by atoms with Gasteiger partial charge >= 0.3 is 0 Å². The van der Waals surface area contributed by atoms with E-state index in [1.807, 2.05) is 0 Å². The van der Waals surface area contributed by atoms with Crippen LogP contribution in [0.2, 0.25) is 0 Å². The SMILES string of the molecule is CC(C)(C)CC(C)(C)OCCOCCOCCOCCOCCOCCOCCN. The molecular weight excluding hydrogens is 390 g/mol. The Labute approximate surface area is 184 Å². The Morgan fingerprint density at radius 1 is 0.467 bits per heavy atom. The molecule has 0 aromatic heterocycles. The summed E-state index contributed by atoms with van der Waals surface area (Å²) < 4.78 is 38.3. The summed E-state index contributed by atoms with van der Waals surface area (Å²) in [4.78, 5) is 0. The normalized spacial score (nSPS) is 12.6. The van der Waals surface area contributed by atoms with Gasteiger partial charge in [0.1, 0.15) is 0 Å². The molecule has 0 saturated carbocycles. The van der Waals surface area contributed by atoms with Crippen LogP contribution in [0.4, 0.5) is 0 Å². The first-order chi connectivity index (χ1) is 14.3. The maximum Gasteiger partial charge on any atom is 0.0707 e. The molecule has 0 aromatic carbocycles. The lowest BCUT2D eigenvalue weighted by Gasteiger charge is -2.32. The zero-order valence-electron chi connectivity index (χ0n) is 20.0. The summed E-state index contributed by atoms with van der Waals surface area (Å²) in [6.45, 7) is 18.7. The van der Waals surface area contributed by atoms with E-state index in [2.05, 4.69) is 34.6 Å². The highest BCUT2D eigenvalue weighted by Crippen LogP contribution is 2.29. The number of rotatable bonds is 22. The van der Waals surface area contributed by atoms with Crippen LogP contribution in [0.5, 0.6) is 0 Å². The van der Waals surface area contributed by atoms with Gasteiger partial charge < -0.3 is 38.9 Å². The number of nitrogens with two attached hydrogens (primary N) is 1. The monoisotopic (exact) mass is 437 g/mol. The first kappa shape index (κ1) is 29.7. The van der Waals surface area contributed by atoms with Gasteiger partial charge in [-0.3, -0.25) is 0 Å². The molecule has 2 N–H and O–H groups in total. The van der Waals surface area contributed by atoms with E-state index in [0.29, 0.717) is 92.4 Å². The molecule has 0 atom stereocenters. The van der Waals surface area contributed by atoms with Crippen LogP contribution in [0.3, 0.4) is 0 Å². The molecule has 0 aliphatic rings. The minimum Gasteiger partial charge on any atom is -0.378 e. The van der Waals surface area contributed by atoms with Crippen molar-refractivity contribution in [1.29, 1.82) is 0 Å². The summed E-state index contributed by atoms with van der Waals surface area (Å²) in [5.74, 6) is 0. The molecular formula is C22H47NO7. The molecule has 0 aromatic rings. The van der Waals surface area contributed by atoms with Gasteiger partial charge in [-0.1, -0.05) is 20.8 Å². The van der Waals surface area contributed by atoms with Crippen LogP contribution < -0.4 is 5.73 Å². The lowest BCUT2D eigenvalue weighted by atomic mass is 9.84. The van der Waals surface area contributed by atoms with Gasteiger partial charge in [0.15, 0.2) is 0 Å². The quantitative estimate of drug-likeness (QED) is 0.258. The van der Waals surface area contributed by atoms with Gasteiger partial charge in [-0.15, -0.1) is 0 Å². The van der Waals surface area contributed by atoms with Crippen molar-refractivity contribution in [2.45, 2.75) is 46.6 Å². The van der Waals surface area contributed by atoms with Crippen LogP contribution in [0.15, 0.2) is 0 Å². The summed E-state index contributed by atoms with van der Waals surface area (Å²) in [7, 11) is 0. The highest BCUT2D eigenvalue weighted by molar-refractivity contribution is 4.76. The zero-order chi connectivity index (χ0) is 22.6. The maximum absolute atomic E-state index is 5.92. The van der Waals surface area contributed by atoms with E-state index in [1.165, 1.54) is 0 Å². The van der Waals surface area contributed by atoms with Gasteiger partial charge in [-0.05, 0) is 25.7 Å². The number of hydrogen-bond donors (Lipinski definition) is 1. The van der Waals surface area contributed by atoms with Gasteiger partial charge in [0.25, 0.3) is 0 Å². The Balaban J connectivity index is 3.20. The molecule has 182 valence electrons. The van der Waals surface area contributed by atoms with E-state index in [0.717, 1.165) is 6.42 Å². The van der Waals surface area contributed by atoms with Crippen molar-refractivity contribution >= 4 is 0 Å². The van der Waals surface area contributed by atoms with E-state index in [-0.39, 0.29) is 11.0 Å². The summed E-state index contributed by atoms with van der Waals surface area (Å²) in [6.07, 6.45) is 1.01. The summed E-state index contributed by atoms with van der Waals surface area (Å²) >= 11 is 0. The van der Waals surface area contributed by atoms with E-state index in [9.17, 15) is 0 Å². The van der Waals surface area contributed by atoms with Gasteiger partial charge in [0.05, 0.1) is 91.5 Å². The molecule has 0 unspecified atom stereocenters. The smallest absolute Gasteiger partial charge is 0.0707 e. The Kier molecular flexibility index (Phi) is 19.2. The minimum atomic E-state index is -0.133. The molecule has 0 radical (unpaired) electrons. The molecule has 0 rings (SSSR count). The highest BCUT2D eigenvalue weighted by Gasteiger charge is 2.25. The van der Waals surface area contributed by atoms with E-state index in [1.54, 1.807) is 0 Å². The molecule has 0 amide bonds. The van der Waals surface area contributed by atoms with Crippen LogP contribution in [0, 0.1) is 5.41 Å². The minimum absolute atomic E-state index is 0.133. The third kappa shape index (κ3) is 24.0. The Morgan fingerprint density at radius 2 is 0.767 bits per heavy atom. The topological polar surface area (TPSA) is 90.6 Å². The van der Waals surface area contributed by atoms with Gasteiger partial charge in [-0.25, -0.2) is 0 Å². The molecule has 0 saturated heterocycles. The lowest BCUT2D eigenvalue weighted by Crippen LogP contribution is -2.31. The second-order valence-corrected chi connectivity index (χ2v) is 8.81. The molecule has 0 spiro atoms. The van der Waals surface area contributed by atoms with Crippen molar-refractivity contribution in [3.8, 4) is 0 Å². The maximum atomic E-state index is 5.92. The van der Waals surface area contributed by atoms with Crippen LogP contribution in [-0.4, -0.2) is 98.0 Å². The van der Waals surface area contributed by atoms with Crippen molar-refractivity contribution in [3.63, 3.8) is 0 Å². The molecule has 0 aliphatic carbocycles. The van der Waals surface area contributed by atoms with Crippen LogP contribution >= 0.6 is 0 Å². The summed E-state index contributed by atoms with van der Waals surface area (Å²) in [5, 5.41) is 0. The molecule has 0 heterocycles. The van der Waals surface area contributed by atoms with Crippen molar-refractivity contribution in [2.24, 2.45) is 11.1 Å². The second kappa shape index (κ2) is 19.4. The lowest BCUT2D eigenvalue weighted by molar-refractivity contribution is -0.0704. The van der Waals surface area contributed by atoms with E-state index in [4.69, 9.17) is 38.9 Å². The fourth-order valence-corrected chi connectivity index (χ4v) is 2.99. The predicted octanol–water partition coefficient (Wildman–Crippen LogP) is 2.28. The summed E-state index contributed by atoms with van der Waals surface area (Å²) in [5.41, 5.74) is 5.43. The fourth-order valence-electron chi connectivity index (χ4n) is 2.99. The van der Waals surface area contributed by atoms with Crippen molar-refractivity contribution in [1.82, 2.24) is 0 Å². The Morgan fingerprint density at radius 3 is 1.07 bits per heavy atom. The van der Waals surface area contributed by atoms with E-state index >= 15 is 0 Å². The molecule has 8 nitrogen and oxygen atoms in total. The van der Waals surface area contributed by atoms with Crippen LogP contribution in [0.1, 0.15) is 41.0 Å². The first-order valence-corrected chi connectivity index (χ1v) is 11.1. The van der Waals surface area contributed by atoms with Gasteiger partial charge in [0, 0.05) is 6.54 Å². The molecule has 0 aliphatic heterocycles. The largest absolute Gasteiger partial charge is 0.378 e. The van der Waals surface area contributed by atoms with Crippen molar-refractivity contribution in [2.75, 3.05) is 92.4 Å². The average Bonchev–Trinajstić information content (AvgIpc) is 2.64. The Hall–Kier alpha value is -0.320. The van der Waals surface area contributed by atoms with Crippen molar-refractivity contribution < 1.29 is 33.2 Å². The highest BCUT2D eigenvalue weighted by atomic mass is 16.6. The zero-order valence-corrected chi connectivity index (χ0v) is 20.0. The van der Waals surface area contributed by atoms with Gasteiger partial charge in [-0.2, -0.15) is 0 Å². The Bertz CT molecular complexity index is 362. The average molecular weight is 438 g/mol. The molecule has 30 heavy (non-hydrogen) atoms. The fraction of sp³-hybridized carbons (Fsp3) is 1.00. The second-order valence-electron chi connectivity index (χ2n) is 8.81. The van der Waals surface area contributed by atoms with E-state index < -0.39 is 0 Å². The first-order valence-electron chi connectivity index (χ1n) is 11.1. The van der Waals surface area contributed by atoms with Crippen molar-refractivity contribution in [3.05, 3.63) is 0 Å². The molecule has 8 heteroatoms. The summed E-state index contributed by atoms with van der Waals surface area (Å²) in [6, 6.07) is 0.